The van der Waals surface area contributed by atoms with Gasteiger partial charge < -0.3 is 14.6 Å². The molecular formula is C11H20N4O. The Kier molecular flexibility index (Phi) is 3.90. The van der Waals surface area contributed by atoms with Crippen molar-refractivity contribution in [3.8, 4) is 0 Å². The molecule has 1 atom stereocenters. The quantitative estimate of drug-likeness (QED) is 0.830. The van der Waals surface area contributed by atoms with Crippen molar-refractivity contribution in [1.29, 1.82) is 0 Å². The van der Waals surface area contributed by atoms with Gasteiger partial charge in [0.15, 0.2) is 0 Å². The van der Waals surface area contributed by atoms with Gasteiger partial charge in [-0.1, -0.05) is 6.42 Å². The zero-order valence-corrected chi connectivity index (χ0v) is 10.1. The van der Waals surface area contributed by atoms with Gasteiger partial charge in [-0.25, -0.2) is 0 Å². The van der Waals surface area contributed by atoms with Gasteiger partial charge in [-0.05, 0) is 26.3 Å². The molecule has 1 aliphatic heterocycles. The molecule has 2 heterocycles. The fourth-order valence-electron chi connectivity index (χ4n) is 2.19. The molecule has 0 spiro atoms. The Labute approximate surface area is 96.2 Å². The molecular weight excluding hydrogens is 204 g/mol. The molecule has 0 bridgehead atoms. The maximum Gasteiger partial charge on any atom is 0.150 e. The topological polar surface area (TPSA) is 52.0 Å². The van der Waals surface area contributed by atoms with Gasteiger partial charge in [-0.15, -0.1) is 10.2 Å². The summed E-state index contributed by atoms with van der Waals surface area (Å²) in [6.07, 6.45) is 3.70. The standard InChI is InChI=1S/C11H20N4O/c1-9-13-14-11(15(9)7-8-16-2)10-5-3-4-6-12-10/h10,12H,3-8H2,1-2H3. The summed E-state index contributed by atoms with van der Waals surface area (Å²) in [7, 11) is 1.72. The van der Waals surface area contributed by atoms with E-state index >= 15 is 0 Å². The van der Waals surface area contributed by atoms with Crippen LogP contribution >= 0.6 is 0 Å². The summed E-state index contributed by atoms with van der Waals surface area (Å²) in [5.74, 6) is 2.04. The van der Waals surface area contributed by atoms with Crippen LogP contribution in [-0.4, -0.2) is 35.0 Å². The van der Waals surface area contributed by atoms with E-state index in [9.17, 15) is 0 Å². The first-order valence-corrected chi connectivity index (χ1v) is 5.95. The normalized spacial score (nSPS) is 21.2. The monoisotopic (exact) mass is 224 g/mol. The van der Waals surface area contributed by atoms with Crippen LogP contribution in [0.5, 0.6) is 0 Å². The number of nitrogens with one attached hydrogen (secondary N) is 1. The molecule has 0 aliphatic carbocycles. The van der Waals surface area contributed by atoms with E-state index in [1.807, 2.05) is 6.92 Å². The van der Waals surface area contributed by atoms with E-state index < -0.39 is 0 Å². The minimum Gasteiger partial charge on any atom is -0.383 e. The van der Waals surface area contributed by atoms with Crippen LogP contribution in [0, 0.1) is 6.92 Å². The van der Waals surface area contributed by atoms with Crippen LogP contribution in [0.25, 0.3) is 0 Å². The Balaban J connectivity index is 2.12. The highest BCUT2D eigenvalue weighted by Crippen LogP contribution is 2.21. The van der Waals surface area contributed by atoms with Crippen molar-refractivity contribution in [3.05, 3.63) is 11.6 Å². The largest absolute Gasteiger partial charge is 0.383 e. The minimum atomic E-state index is 0.367. The number of nitrogens with zero attached hydrogens (tertiary/aromatic N) is 3. The fourth-order valence-corrected chi connectivity index (χ4v) is 2.19. The van der Waals surface area contributed by atoms with Crippen LogP contribution in [0.3, 0.4) is 0 Å². The lowest BCUT2D eigenvalue weighted by Crippen LogP contribution is -2.29. The Morgan fingerprint density at radius 2 is 2.31 bits per heavy atom. The van der Waals surface area contributed by atoms with Crippen molar-refractivity contribution in [2.45, 2.75) is 38.8 Å². The predicted octanol–water partition coefficient (Wildman–Crippen LogP) is 1.05. The summed E-state index contributed by atoms with van der Waals surface area (Å²) in [6, 6.07) is 0.367. The second kappa shape index (κ2) is 5.41. The highest BCUT2D eigenvalue weighted by Gasteiger charge is 2.21. The maximum atomic E-state index is 5.12. The van der Waals surface area contributed by atoms with Crippen LogP contribution in [0.1, 0.15) is 37.0 Å². The number of methoxy groups -OCH3 is 1. The molecule has 1 aliphatic rings. The molecule has 5 heteroatoms. The molecule has 2 rings (SSSR count). The summed E-state index contributed by atoms with van der Waals surface area (Å²) >= 11 is 0. The summed E-state index contributed by atoms with van der Waals surface area (Å²) in [6.45, 7) is 4.62. The summed E-state index contributed by atoms with van der Waals surface area (Å²) < 4.78 is 7.27. The summed E-state index contributed by atoms with van der Waals surface area (Å²) in [5.41, 5.74) is 0. The molecule has 1 saturated heterocycles. The third-order valence-electron chi connectivity index (χ3n) is 3.11. The first kappa shape index (κ1) is 11.5. The summed E-state index contributed by atoms with van der Waals surface area (Å²) in [4.78, 5) is 0. The number of aryl methyl sites for hydroxylation is 1. The molecule has 5 nitrogen and oxygen atoms in total. The van der Waals surface area contributed by atoms with E-state index in [2.05, 4.69) is 20.1 Å². The van der Waals surface area contributed by atoms with Crippen LogP contribution in [0.4, 0.5) is 0 Å². The van der Waals surface area contributed by atoms with E-state index in [0.29, 0.717) is 12.6 Å². The van der Waals surface area contributed by atoms with E-state index in [1.54, 1.807) is 7.11 Å². The SMILES string of the molecule is COCCn1c(C)nnc1C1CCCCN1. The average molecular weight is 224 g/mol. The molecule has 1 fully saturated rings. The number of aromatic nitrogens is 3. The van der Waals surface area contributed by atoms with Gasteiger partial charge in [0.05, 0.1) is 12.6 Å². The zero-order valence-electron chi connectivity index (χ0n) is 10.1. The molecule has 0 saturated carbocycles. The smallest absolute Gasteiger partial charge is 0.150 e. The van der Waals surface area contributed by atoms with Crippen LogP contribution in [0.15, 0.2) is 0 Å². The third-order valence-corrected chi connectivity index (χ3v) is 3.11. The molecule has 16 heavy (non-hydrogen) atoms. The predicted molar refractivity (Wildman–Crippen MR) is 61.2 cm³/mol. The van der Waals surface area contributed by atoms with Gasteiger partial charge in [-0.2, -0.15) is 0 Å². The highest BCUT2D eigenvalue weighted by molar-refractivity contribution is 5.01. The average Bonchev–Trinajstić information content (AvgIpc) is 2.69. The van der Waals surface area contributed by atoms with Crippen molar-refractivity contribution in [2.24, 2.45) is 0 Å². The second-order valence-electron chi connectivity index (χ2n) is 4.25. The summed E-state index contributed by atoms with van der Waals surface area (Å²) in [5, 5.41) is 12.0. The van der Waals surface area contributed by atoms with Crippen molar-refractivity contribution >= 4 is 0 Å². The first-order valence-electron chi connectivity index (χ1n) is 5.95. The lowest BCUT2D eigenvalue weighted by molar-refractivity contribution is 0.184. The van der Waals surface area contributed by atoms with Crippen LogP contribution in [-0.2, 0) is 11.3 Å². The van der Waals surface area contributed by atoms with E-state index in [-0.39, 0.29) is 0 Å². The Morgan fingerprint density at radius 3 is 3.00 bits per heavy atom. The van der Waals surface area contributed by atoms with Gasteiger partial charge in [0.2, 0.25) is 0 Å². The fraction of sp³-hybridized carbons (Fsp3) is 0.818. The molecule has 1 unspecified atom stereocenters. The molecule has 90 valence electrons. The first-order chi connectivity index (χ1) is 7.83. The second-order valence-corrected chi connectivity index (χ2v) is 4.25. The van der Waals surface area contributed by atoms with Crippen LogP contribution < -0.4 is 5.32 Å². The number of hydrogen-bond acceptors (Lipinski definition) is 4. The Hall–Kier alpha value is -0.940. The third kappa shape index (κ3) is 2.41. The highest BCUT2D eigenvalue weighted by atomic mass is 16.5. The number of ether oxygens (including phenoxy) is 1. The van der Waals surface area contributed by atoms with Crippen molar-refractivity contribution in [1.82, 2.24) is 20.1 Å². The van der Waals surface area contributed by atoms with E-state index in [1.165, 1.54) is 12.8 Å². The van der Waals surface area contributed by atoms with E-state index in [4.69, 9.17) is 4.74 Å². The lowest BCUT2D eigenvalue weighted by atomic mass is 10.0. The number of hydrogen-bond donors (Lipinski definition) is 1. The Morgan fingerprint density at radius 1 is 1.44 bits per heavy atom. The van der Waals surface area contributed by atoms with Crippen LogP contribution in [0.2, 0.25) is 0 Å². The zero-order chi connectivity index (χ0) is 11.4. The molecule has 1 aromatic rings. The van der Waals surface area contributed by atoms with Gasteiger partial charge in [0.1, 0.15) is 11.6 Å². The number of piperidine rings is 1. The lowest BCUT2D eigenvalue weighted by Gasteiger charge is -2.23. The van der Waals surface area contributed by atoms with Gasteiger partial charge in [-0.3, -0.25) is 0 Å². The van der Waals surface area contributed by atoms with Crippen molar-refractivity contribution in [3.63, 3.8) is 0 Å². The number of rotatable bonds is 4. The molecule has 1 aromatic heterocycles. The maximum absolute atomic E-state index is 5.12. The minimum absolute atomic E-state index is 0.367. The molecule has 0 amide bonds. The van der Waals surface area contributed by atoms with E-state index in [0.717, 1.165) is 31.2 Å². The van der Waals surface area contributed by atoms with Gasteiger partial charge in [0.25, 0.3) is 0 Å². The Bertz CT molecular complexity index is 331. The van der Waals surface area contributed by atoms with Crippen molar-refractivity contribution < 1.29 is 4.74 Å². The van der Waals surface area contributed by atoms with Gasteiger partial charge in [0, 0.05) is 13.7 Å². The molecule has 0 aromatic carbocycles. The van der Waals surface area contributed by atoms with Crippen molar-refractivity contribution in [2.75, 3.05) is 20.3 Å². The molecule has 0 radical (unpaired) electrons. The van der Waals surface area contributed by atoms with Gasteiger partial charge >= 0.3 is 0 Å². The molecule has 1 N–H and O–H groups in total.